The van der Waals surface area contributed by atoms with Crippen LogP contribution in [-0.4, -0.2) is 46.6 Å². The molecule has 42 heavy (non-hydrogen) atoms. The zero-order valence-electron chi connectivity index (χ0n) is 22.4. The number of hydrogen-bond acceptors (Lipinski definition) is 6. The standard InChI is InChI=1S/C29H28ClF3N4O5/c1-17-2-4-19(5-3-17)16-41-36-26(34)20-8-6-18(7-9-20)15-35-27(39)24-10-11-37(24)28(40)25(38)21-12-22(30)14-23(13-21)42-29(31,32)33/h2-9,12-14,24-25,38H,10-11,15-16H2,1H3,(H2,34,36)(H,35,39)/t24-,25+/m0/s1. The number of carbonyl (C=O) groups excluding carboxylic acids is 2. The van der Waals surface area contributed by atoms with Crippen molar-refractivity contribution in [3.05, 3.63) is 99.6 Å². The number of oxime groups is 1. The number of carbonyl (C=O) groups is 2. The van der Waals surface area contributed by atoms with Gasteiger partial charge in [-0.2, -0.15) is 0 Å². The molecule has 4 rings (SSSR count). The molecule has 0 aromatic heterocycles. The quantitative estimate of drug-likeness (QED) is 0.180. The molecule has 2 atom stereocenters. The summed E-state index contributed by atoms with van der Waals surface area (Å²) in [5.41, 5.74) is 9.30. The van der Waals surface area contributed by atoms with Crippen LogP contribution in [0.5, 0.6) is 5.75 Å². The van der Waals surface area contributed by atoms with Crippen molar-refractivity contribution in [2.24, 2.45) is 10.9 Å². The van der Waals surface area contributed by atoms with Gasteiger partial charge in [-0.15, -0.1) is 13.2 Å². The Kier molecular flexibility index (Phi) is 9.59. The zero-order valence-corrected chi connectivity index (χ0v) is 23.2. The molecule has 9 nitrogen and oxygen atoms in total. The van der Waals surface area contributed by atoms with Gasteiger partial charge in [0.2, 0.25) is 5.91 Å². The second kappa shape index (κ2) is 13.1. The fourth-order valence-electron chi connectivity index (χ4n) is 4.17. The molecule has 0 unspecified atom stereocenters. The third kappa shape index (κ3) is 8.14. The number of nitrogens with two attached hydrogens (primary N) is 1. The van der Waals surface area contributed by atoms with Crippen LogP contribution in [0.15, 0.2) is 71.9 Å². The summed E-state index contributed by atoms with van der Waals surface area (Å²) < 4.78 is 41.6. The molecule has 0 saturated carbocycles. The molecule has 1 aliphatic rings. The fraction of sp³-hybridized carbons (Fsp3) is 0.276. The Morgan fingerprint density at radius 2 is 1.79 bits per heavy atom. The lowest BCUT2D eigenvalue weighted by atomic mass is 9.98. The molecule has 4 N–H and O–H groups in total. The van der Waals surface area contributed by atoms with E-state index in [0.29, 0.717) is 12.0 Å². The van der Waals surface area contributed by atoms with Crippen LogP contribution in [0.3, 0.4) is 0 Å². The fourth-order valence-corrected chi connectivity index (χ4v) is 4.41. The minimum absolute atomic E-state index is 0.160. The van der Waals surface area contributed by atoms with Gasteiger partial charge in [-0.25, -0.2) is 0 Å². The number of benzene rings is 3. The van der Waals surface area contributed by atoms with E-state index in [1.807, 2.05) is 31.2 Å². The Morgan fingerprint density at radius 3 is 2.40 bits per heavy atom. The maximum atomic E-state index is 12.8. The summed E-state index contributed by atoms with van der Waals surface area (Å²) in [7, 11) is 0. The second-order valence-electron chi connectivity index (χ2n) is 9.66. The maximum Gasteiger partial charge on any atom is 0.573 e. The number of aliphatic hydroxyl groups excluding tert-OH is 1. The van der Waals surface area contributed by atoms with Crippen molar-refractivity contribution in [1.29, 1.82) is 0 Å². The molecule has 0 radical (unpaired) electrons. The van der Waals surface area contributed by atoms with Gasteiger partial charge in [0.15, 0.2) is 11.9 Å². The maximum absolute atomic E-state index is 12.8. The first-order valence-corrected chi connectivity index (χ1v) is 13.2. The number of nitrogens with one attached hydrogen (secondary N) is 1. The monoisotopic (exact) mass is 604 g/mol. The molecule has 1 heterocycles. The van der Waals surface area contributed by atoms with Gasteiger partial charge in [0.05, 0.1) is 0 Å². The molecule has 0 aliphatic carbocycles. The largest absolute Gasteiger partial charge is 0.573 e. The van der Waals surface area contributed by atoms with Gasteiger partial charge in [0, 0.05) is 23.7 Å². The van der Waals surface area contributed by atoms with Gasteiger partial charge in [-0.1, -0.05) is 70.9 Å². The first kappa shape index (κ1) is 30.7. The number of nitrogens with zero attached hydrogens (tertiary/aromatic N) is 2. The number of likely N-dealkylation sites (tertiary alicyclic amines) is 1. The summed E-state index contributed by atoms with van der Waals surface area (Å²) in [5.74, 6) is -1.77. The number of alkyl halides is 3. The molecule has 3 aromatic rings. The van der Waals surface area contributed by atoms with Crippen molar-refractivity contribution in [2.75, 3.05) is 6.54 Å². The van der Waals surface area contributed by atoms with Crippen LogP contribution in [0, 0.1) is 6.92 Å². The summed E-state index contributed by atoms with van der Waals surface area (Å²) in [6, 6.07) is 16.9. The van der Waals surface area contributed by atoms with E-state index in [2.05, 4.69) is 15.2 Å². The average molecular weight is 605 g/mol. The third-order valence-electron chi connectivity index (χ3n) is 6.51. The number of aryl methyl sites for hydroxylation is 1. The van der Waals surface area contributed by atoms with E-state index in [9.17, 15) is 27.9 Å². The molecule has 0 spiro atoms. The number of hydrogen-bond donors (Lipinski definition) is 3. The van der Waals surface area contributed by atoms with Crippen molar-refractivity contribution < 1.29 is 37.4 Å². The Hall–Kier alpha value is -4.29. The molecular weight excluding hydrogens is 577 g/mol. The van der Waals surface area contributed by atoms with Crippen molar-refractivity contribution in [3.63, 3.8) is 0 Å². The summed E-state index contributed by atoms with van der Waals surface area (Å²) >= 11 is 5.84. The molecule has 1 fully saturated rings. The first-order valence-electron chi connectivity index (χ1n) is 12.8. The lowest BCUT2D eigenvalue weighted by Crippen LogP contribution is -2.59. The predicted octanol–water partition coefficient (Wildman–Crippen LogP) is 4.33. The zero-order chi connectivity index (χ0) is 30.4. The second-order valence-corrected chi connectivity index (χ2v) is 10.1. The van der Waals surface area contributed by atoms with E-state index < -0.39 is 36.1 Å². The van der Waals surface area contributed by atoms with E-state index >= 15 is 0 Å². The van der Waals surface area contributed by atoms with Gasteiger partial charge in [-0.05, 0) is 48.2 Å². The lowest BCUT2D eigenvalue weighted by Gasteiger charge is -2.40. The average Bonchev–Trinajstić information content (AvgIpc) is 2.91. The highest BCUT2D eigenvalue weighted by Gasteiger charge is 2.40. The Bertz CT molecular complexity index is 1450. The Labute approximate surface area is 244 Å². The number of aliphatic hydroxyl groups is 1. The summed E-state index contributed by atoms with van der Waals surface area (Å²) in [4.78, 5) is 32.1. The topological polar surface area (TPSA) is 126 Å². The predicted molar refractivity (Wildman–Crippen MR) is 148 cm³/mol. The lowest BCUT2D eigenvalue weighted by molar-refractivity contribution is -0.274. The summed E-state index contributed by atoms with van der Waals surface area (Å²) in [5, 5.41) is 17.1. The van der Waals surface area contributed by atoms with E-state index in [0.717, 1.165) is 39.8 Å². The van der Waals surface area contributed by atoms with Gasteiger partial charge in [0.25, 0.3) is 5.91 Å². The van der Waals surface area contributed by atoms with Crippen molar-refractivity contribution in [2.45, 2.75) is 45.0 Å². The van der Waals surface area contributed by atoms with E-state index in [4.69, 9.17) is 22.2 Å². The van der Waals surface area contributed by atoms with Crippen LogP contribution in [-0.2, 0) is 27.6 Å². The first-order chi connectivity index (χ1) is 19.9. The van der Waals surface area contributed by atoms with Gasteiger partial charge < -0.3 is 30.6 Å². The van der Waals surface area contributed by atoms with Crippen molar-refractivity contribution in [1.82, 2.24) is 10.2 Å². The number of ether oxygens (including phenoxy) is 1. The summed E-state index contributed by atoms with van der Waals surface area (Å²) in [6.45, 7) is 2.62. The van der Waals surface area contributed by atoms with Crippen LogP contribution in [0.1, 0.15) is 40.3 Å². The minimum Gasteiger partial charge on any atom is -0.406 e. The normalized spacial score (nSPS) is 15.9. The molecule has 1 saturated heterocycles. The highest BCUT2D eigenvalue weighted by Crippen LogP contribution is 2.31. The van der Waals surface area contributed by atoms with Crippen LogP contribution < -0.4 is 15.8 Å². The van der Waals surface area contributed by atoms with Gasteiger partial charge >= 0.3 is 6.36 Å². The molecule has 0 bridgehead atoms. The minimum atomic E-state index is -4.98. The molecule has 1 aliphatic heterocycles. The smallest absolute Gasteiger partial charge is 0.406 e. The van der Waals surface area contributed by atoms with E-state index in [1.54, 1.807) is 24.3 Å². The highest BCUT2D eigenvalue weighted by molar-refractivity contribution is 6.30. The van der Waals surface area contributed by atoms with Gasteiger partial charge in [-0.3, -0.25) is 9.59 Å². The van der Waals surface area contributed by atoms with Crippen molar-refractivity contribution in [3.8, 4) is 5.75 Å². The molecule has 13 heteroatoms. The van der Waals surface area contributed by atoms with Crippen LogP contribution in [0.25, 0.3) is 0 Å². The SMILES string of the molecule is Cc1ccc(CO/N=C(\N)c2ccc(CNC(=O)[C@@H]3CCN3C(=O)[C@H](O)c3cc(Cl)cc(OC(F)(F)F)c3)cc2)cc1. The van der Waals surface area contributed by atoms with Crippen LogP contribution in [0.4, 0.5) is 13.2 Å². The van der Waals surface area contributed by atoms with Crippen molar-refractivity contribution >= 4 is 29.3 Å². The van der Waals surface area contributed by atoms with Crippen LogP contribution in [0.2, 0.25) is 5.02 Å². The van der Waals surface area contributed by atoms with Crippen LogP contribution >= 0.6 is 11.6 Å². The third-order valence-corrected chi connectivity index (χ3v) is 6.73. The summed E-state index contributed by atoms with van der Waals surface area (Å²) in [6.07, 6.45) is -6.46. The van der Waals surface area contributed by atoms with Gasteiger partial charge in [0.1, 0.15) is 18.4 Å². The highest BCUT2D eigenvalue weighted by atomic mass is 35.5. The Morgan fingerprint density at radius 1 is 1.12 bits per heavy atom. The number of amides is 2. The van der Waals surface area contributed by atoms with E-state index in [-0.39, 0.29) is 36.1 Å². The van der Waals surface area contributed by atoms with E-state index in [1.165, 1.54) is 0 Å². The number of halogens is 4. The molecular formula is C29H28ClF3N4O5. The Balaban J connectivity index is 1.28. The molecule has 222 valence electrons. The number of rotatable bonds is 10. The molecule has 3 aromatic carbocycles. The number of amidine groups is 1. The molecule has 2 amide bonds.